The number of pyridine rings is 1. The van der Waals surface area contributed by atoms with Crippen molar-refractivity contribution in [1.29, 1.82) is 0 Å². The first kappa shape index (κ1) is 25.9. The summed E-state index contributed by atoms with van der Waals surface area (Å²) in [5.41, 5.74) is 3.49. The van der Waals surface area contributed by atoms with Crippen LogP contribution in [0.5, 0.6) is 0 Å². The number of benzene rings is 1. The Hall–Kier alpha value is -0.740. The lowest BCUT2D eigenvalue weighted by molar-refractivity contribution is 0.0853. The van der Waals surface area contributed by atoms with Crippen LogP contribution in [0.3, 0.4) is 0 Å². The van der Waals surface area contributed by atoms with E-state index < -0.39 is 6.43 Å². The molecule has 1 fully saturated rings. The Kier molecular flexibility index (Phi) is 9.79. The fourth-order valence-corrected chi connectivity index (χ4v) is 6.28. The van der Waals surface area contributed by atoms with Crippen LogP contribution in [0.1, 0.15) is 50.4 Å². The van der Waals surface area contributed by atoms with Crippen LogP contribution in [-0.2, 0) is 4.74 Å². The van der Waals surface area contributed by atoms with Crippen LogP contribution >= 0.6 is 51.8 Å². The zero-order valence-corrected chi connectivity index (χ0v) is 22.7. The standard InChI is InChI=1S/C19H19ClF2IN4OPS.C2H6/c1-30-14-8-11(10-4-6-28-7-5-10)2-3-12(14)24-13-9-15(20)25-18-16(13)26-19(17(21)22)27(18)29-23;1-2/h2-3,8-10,17,29H,4-7H2,1H3,(H,24,25);1-2H3. The Labute approximate surface area is 210 Å². The molecule has 1 N–H and O–H groups in total. The fourth-order valence-electron chi connectivity index (χ4n) is 3.60. The maximum absolute atomic E-state index is 13.5. The minimum absolute atomic E-state index is 0.0396. The highest BCUT2D eigenvalue weighted by molar-refractivity contribution is 14.2. The van der Waals surface area contributed by atoms with E-state index in [0.29, 0.717) is 22.8 Å². The molecule has 0 aliphatic carbocycles. The van der Waals surface area contributed by atoms with E-state index in [1.165, 1.54) is 9.90 Å². The molecule has 0 spiro atoms. The van der Waals surface area contributed by atoms with Crippen molar-refractivity contribution in [3.8, 4) is 0 Å². The summed E-state index contributed by atoms with van der Waals surface area (Å²) in [4.78, 5) is 9.50. The summed E-state index contributed by atoms with van der Waals surface area (Å²) >= 11 is 9.89. The number of ether oxygens (including phenoxy) is 1. The van der Waals surface area contributed by atoms with E-state index in [-0.39, 0.29) is 17.4 Å². The number of anilines is 2. The molecule has 1 saturated heterocycles. The van der Waals surface area contributed by atoms with Gasteiger partial charge in [-0.1, -0.05) is 31.5 Å². The molecular weight excluding hydrogens is 588 g/mol. The van der Waals surface area contributed by atoms with Gasteiger partial charge in [0.2, 0.25) is 0 Å². The quantitative estimate of drug-likeness (QED) is 0.132. The second-order valence-electron chi connectivity index (χ2n) is 6.83. The highest BCUT2D eigenvalue weighted by atomic mass is 127. The Balaban J connectivity index is 0.00000141. The number of imidazole rings is 1. The molecule has 2 aromatic heterocycles. The van der Waals surface area contributed by atoms with Gasteiger partial charge in [0.15, 0.2) is 11.5 Å². The second-order valence-corrected chi connectivity index (χ2v) is 10.1. The molecule has 0 saturated carbocycles. The number of thioether (sulfide) groups is 1. The largest absolute Gasteiger partial charge is 0.381 e. The topological polar surface area (TPSA) is 52.0 Å². The van der Waals surface area contributed by atoms with Crippen molar-refractivity contribution in [3.63, 3.8) is 0 Å². The molecule has 0 amide bonds. The molecule has 174 valence electrons. The average Bonchev–Trinajstić information content (AvgIpc) is 3.20. The molecule has 1 aromatic carbocycles. The minimum Gasteiger partial charge on any atom is -0.381 e. The number of hydrogen-bond donors (Lipinski definition) is 1. The van der Waals surface area contributed by atoms with Crippen LogP contribution in [0.25, 0.3) is 11.2 Å². The molecule has 1 aliphatic heterocycles. The Morgan fingerprint density at radius 1 is 1.22 bits per heavy atom. The van der Waals surface area contributed by atoms with Crippen molar-refractivity contribution in [1.82, 2.24) is 14.3 Å². The Morgan fingerprint density at radius 3 is 2.56 bits per heavy atom. The van der Waals surface area contributed by atoms with Crippen LogP contribution in [-0.4, -0.2) is 33.8 Å². The number of hydrogen-bond acceptors (Lipinski definition) is 5. The van der Waals surface area contributed by atoms with Gasteiger partial charge in [-0.2, -0.15) is 0 Å². The van der Waals surface area contributed by atoms with E-state index in [9.17, 15) is 8.78 Å². The maximum atomic E-state index is 13.5. The molecule has 3 aromatic rings. The van der Waals surface area contributed by atoms with E-state index >= 15 is 0 Å². The van der Waals surface area contributed by atoms with Crippen molar-refractivity contribution < 1.29 is 13.5 Å². The SMILES string of the molecule is CC.CSc1cc(C2CCOCC2)ccc1Nc1cc(Cl)nc2c1nc(C(F)F)n2PI. The normalized spacial score (nSPS) is 14.9. The monoisotopic (exact) mass is 612 g/mol. The van der Waals surface area contributed by atoms with E-state index in [0.717, 1.165) is 36.6 Å². The van der Waals surface area contributed by atoms with Crippen molar-refractivity contribution in [2.24, 2.45) is 0 Å². The lowest BCUT2D eigenvalue weighted by Crippen LogP contribution is -2.14. The van der Waals surface area contributed by atoms with Gasteiger partial charge in [0.25, 0.3) is 6.43 Å². The zero-order chi connectivity index (χ0) is 23.3. The first-order valence-corrected chi connectivity index (χ1v) is 15.9. The van der Waals surface area contributed by atoms with Gasteiger partial charge in [-0.25, -0.2) is 18.7 Å². The van der Waals surface area contributed by atoms with Gasteiger partial charge in [0.05, 0.1) is 17.7 Å². The molecule has 1 aliphatic rings. The molecule has 0 bridgehead atoms. The summed E-state index contributed by atoms with van der Waals surface area (Å²) in [6.45, 7) is 5.58. The number of rotatable bonds is 6. The summed E-state index contributed by atoms with van der Waals surface area (Å²) in [6, 6.07) is 7.97. The van der Waals surface area contributed by atoms with Crippen molar-refractivity contribution in [3.05, 3.63) is 40.8 Å². The summed E-state index contributed by atoms with van der Waals surface area (Å²) in [5.74, 6) is 0.199. The predicted molar refractivity (Wildman–Crippen MR) is 141 cm³/mol. The minimum atomic E-state index is -2.69. The predicted octanol–water partition coefficient (Wildman–Crippen LogP) is 8.20. The smallest absolute Gasteiger partial charge is 0.295 e. The number of fused-ring (bicyclic) bond motifs is 1. The summed E-state index contributed by atoms with van der Waals surface area (Å²) in [5, 5.41) is 3.58. The third kappa shape index (κ3) is 5.66. The Morgan fingerprint density at radius 2 is 1.94 bits per heavy atom. The van der Waals surface area contributed by atoms with Gasteiger partial charge in [-0.15, -0.1) is 11.8 Å². The van der Waals surface area contributed by atoms with Gasteiger partial charge in [0, 0.05) is 24.2 Å². The fraction of sp³-hybridized carbons (Fsp3) is 0.429. The molecule has 3 heterocycles. The van der Waals surface area contributed by atoms with Crippen molar-refractivity contribution in [2.75, 3.05) is 24.8 Å². The van der Waals surface area contributed by atoms with Crippen LogP contribution in [0.4, 0.5) is 20.2 Å². The van der Waals surface area contributed by atoms with Crippen LogP contribution in [0.15, 0.2) is 29.2 Å². The third-order valence-electron chi connectivity index (χ3n) is 5.08. The number of nitrogens with one attached hydrogen (secondary N) is 1. The lowest BCUT2D eigenvalue weighted by Gasteiger charge is -2.23. The van der Waals surface area contributed by atoms with E-state index in [1.54, 1.807) is 17.8 Å². The zero-order valence-electron chi connectivity index (χ0n) is 18.0. The van der Waals surface area contributed by atoms with Gasteiger partial charge >= 0.3 is 0 Å². The molecule has 4 rings (SSSR count). The van der Waals surface area contributed by atoms with E-state index in [4.69, 9.17) is 16.3 Å². The molecule has 5 nitrogen and oxygen atoms in total. The average molecular weight is 613 g/mol. The number of halogens is 4. The van der Waals surface area contributed by atoms with Crippen molar-refractivity contribution >= 4 is 74.3 Å². The lowest BCUT2D eigenvalue weighted by atomic mass is 9.91. The maximum Gasteiger partial charge on any atom is 0.295 e. The van der Waals surface area contributed by atoms with Gasteiger partial charge in [-0.05, 0) is 64.8 Å². The Bertz CT molecular complexity index is 1070. The second kappa shape index (κ2) is 12.1. The van der Waals surface area contributed by atoms with E-state index in [1.807, 2.05) is 48.2 Å². The summed E-state index contributed by atoms with van der Waals surface area (Å²) < 4.78 is 33.8. The first-order valence-electron chi connectivity index (χ1n) is 10.3. The highest BCUT2D eigenvalue weighted by Crippen LogP contribution is 2.40. The summed E-state index contributed by atoms with van der Waals surface area (Å²) in [6.07, 6.45) is 1.41. The van der Waals surface area contributed by atoms with Crippen LogP contribution in [0, 0.1) is 0 Å². The van der Waals surface area contributed by atoms with Crippen LogP contribution < -0.4 is 5.32 Å². The first-order chi connectivity index (χ1) is 15.5. The molecule has 1 atom stereocenters. The van der Waals surface area contributed by atoms with Gasteiger partial charge < -0.3 is 10.1 Å². The van der Waals surface area contributed by atoms with E-state index in [2.05, 4.69) is 27.4 Å². The van der Waals surface area contributed by atoms with Gasteiger partial charge in [0.1, 0.15) is 10.7 Å². The molecule has 32 heavy (non-hydrogen) atoms. The molecule has 1 unspecified atom stereocenters. The summed E-state index contributed by atoms with van der Waals surface area (Å²) in [7, 11) is 0. The number of alkyl halides is 2. The third-order valence-corrected chi connectivity index (χ3v) is 8.11. The van der Waals surface area contributed by atoms with Gasteiger partial charge in [-0.3, -0.25) is 4.34 Å². The number of nitrogens with zero attached hydrogens (tertiary/aromatic N) is 3. The molecule has 11 heteroatoms. The number of aromatic nitrogens is 3. The van der Waals surface area contributed by atoms with Crippen molar-refractivity contribution in [2.45, 2.75) is 43.9 Å². The van der Waals surface area contributed by atoms with Crippen LogP contribution in [0.2, 0.25) is 5.15 Å². The highest BCUT2D eigenvalue weighted by Gasteiger charge is 2.23. The molecular formula is C21H25ClF2IN4OPS. The molecule has 0 radical (unpaired) electrons.